The van der Waals surface area contributed by atoms with E-state index < -0.39 is 11.9 Å². The molecule has 4 aromatic carbocycles. The number of aromatic amines is 2. The van der Waals surface area contributed by atoms with Crippen molar-refractivity contribution < 1.29 is 19.1 Å². The second-order valence-corrected chi connectivity index (χ2v) is 20.3. The number of ether oxygens (including phenoxy) is 2. The minimum absolute atomic E-state index is 0.166. The van der Waals surface area contributed by atoms with Gasteiger partial charge in [-0.15, -0.1) is 0 Å². The summed E-state index contributed by atoms with van der Waals surface area (Å²) < 4.78 is 12.0. The number of H-pyrrole nitrogens is 2. The number of nitrogens with one attached hydrogen (secondary N) is 2. The topological polar surface area (TPSA) is 110 Å². The lowest BCUT2D eigenvalue weighted by Gasteiger charge is -2.15. The molecule has 3 aromatic heterocycles. The molecule has 0 atom stereocenters. The zero-order valence-corrected chi connectivity index (χ0v) is 44.9. The number of carbonyl (C=O) groups is 2. The maximum absolute atomic E-state index is 14.9. The summed E-state index contributed by atoms with van der Waals surface area (Å²) in [6.07, 6.45) is 0. The highest BCUT2D eigenvalue weighted by atomic mass is 16.5. The van der Waals surface area contributed by atoms with Gasteiger partial charge in [0.25, 0.3) is 0 Å². The first-order chi connectivity index (χ1) is 34.2. The number of benzene rings is 4. The van der Waals surface area contributed by atoms with Crippen molar-refractivity contribution >= 4 is 56.3 Å². The van der Waals surface area contributed by atoms with Crippen LogP contribution in [0.3, 0.4) is 0 Å². The molecule has 2 N–H and O–H groups in total. The van der Waals surface area contributed by atoms with Crippen molar-refractivity contribution in [1.82, 2.24) is 19.9 Å². The zero-order chi connectivity index (χ0) is 51.8. The van der Waals surface area contributed by atoms with Crippen LogP contribution < -0.4 is 0 Å². The number of hydrogen-bond acceptors (Lipinski definition) is 6. The second kappa shape index (κ2) is 18.9. The summed E-state index contributed by atoms with van der Waals surface area (Å²) in [4.78, 5) is 48.5. The number of allylic oxidation sites excluding steroid dienone is 1. The number of aromatic nitrogens is 4. The minimum Gasteiger partial charge on any atom is -0.462 e. The Balaban J connectivity index is 1.58. The molecule has 8 heteroatoms. The summed E-state index contributed by atoms with van der Waals surface area (Å²) in [6, 6.07) is 25.7. The first-order valence-corrected chi connectivity index (χ1v) is 25.1. The molecule has 366 valence electrons. The molecule has 0 amide bonds. The SMILES string of the molecule is CCOC(=O)C1=C(c2c(C)cc(C)cc2C)c2cc3[nH]c(cc4nc(cc5[nH]c(cc1n2)c(-c1c(C)cc(C)cc1C)c5C(=O)OCC)C(c1c(C)cc(C)cc1C)=C4C)c(-c1c(C)cc(C)cc1C)c3C. The first kappa shape index (κ1) is 49.4. The average molecular weight is 955 g/mol. The van der Waals surface area contributed by atoms with E-state index in [-0.39, 0.29) is 13.2 Å². The summed E-state index contributed by atoms with van der Waals surface area (Å²) in [6.45, 7) is 33.7. The van der Waals surface area contributed by atoms with E-state index in [9.17, 15) is 9.59 Å². The highest BCUT2D eigenvalue weighted by molar-refractivity contribution is 6.28. The molecule has 5 heterocycles. The lowest BCUT2D eigenvalue weighted by atomic mass is 9.88. The predicted octanol–water partition coefficient (Wildman–Crippen LogP) is 15.3. The van der Waals surface area contributed by atoms with Gasteiger partial charge in [0, 0.05) is 38.8 Å². The highest BCUT2D eigenvalue weighted by Gasteiger charge is 2.32. The van der Waals surface area contributed by atoms with Crippen molar-refractivity contribution in [3.05, 3.63) is 185 Å². The lowest BCUT2D eigenvalue weighted by Crippen LogP contribution is -2.08. The molecular formula is C64H66N4O4. The van der Waals surface area contributed by atoms with Gasteiger partial charge in [0.2, 0.25) is 0 Å². The third kappa shape index (κ3) is 8.50. The Morgan fingerprint density at radius 1 is 0.389 bits per heavy atom. The van der Waals surface area contributed by atoms with Gasteiger partial charge in [-0.2, -0.15) is 0 Å². The normalized spacial score (nSPS) is 12.6. The van der Waals surface area contributed by atoms with Crippen LogP contribution in [0.4, 0.5) is 0 Å². The molecule has 0 fully saturated rings. The smallest absolute Gasteiger partial charge is 0.341 e. The van der Waals surface area contributed by atoms with Gasteiger partial charge < -0.3 is 19.4 Å². The van der Waals surface area contributed by atoms with E-state index in [1.54, 1.807) is 0 Å². The van der Waals surface area contributed by atoms with Crippen LogP contribution in [0.15, 0.2) is 72.8 Å². The number of carbonyl (C=O) groups excluding carboxylic acids is 2. The Morgan fingerprint density at radius 3 is 1.25 bits per heavy atom. The minimum atomic E-state index is -0.489. The summed E-state index contributed by atoms with van der Waals surface area (Å²) >= 11 is 0. The van der Waals surface area contributed by atoms with E-state index in [0.717, 1.165) is 117 Å². The molecule has 0 saturated heterocycles. The van der Waals surface area contributed by atoms with E-state index in [4.69, 9.17) is 19.4 Å². The predicted molar refractivity (Wildman–Crippen MR) is 296 cm³/mol. The molecule has 0 radical (unpaired) electrons. The third-order valence-corrected chi connectivity index (χ3v) is 14.4. The molecule has 0 aliphatic carbocycles. The van der Waals surface area contributed by atoms with Crippen LogP contribution in [-0.2, 0) is 14.3 Å². The highest BCUT2D eigenvalue weighted by Crippen LogP contribution is 2.45. The molecule has 0 saturated carbocycles. The number of aryl methyl sites for hydroxylation is 13. The van der Waals surface area contributed by atoms with Gasteiger partial charge in [0.05, 0.1) is 52.6 Å². The van der Waals surface area contributed by atoms with E-state index in [2.05, 4.69) is 168 Å². The average Bonchev–Trinajstić information content (AvgIpc) is 3.98. The van der Waals surface area contributed by atoms with Crippen LogP contribution in [0.1, 0.15) is 137 Å². The van der Waals surface area contributed by atoms with Gasteiger partial charge in [-0.3, -0.25) is 0 Å². The molecule has 7 aromatic rings. The van der Waals surface area contributed by atoms with Gasteiger partial charge in [0.15, 0.2) is 0 Å². The molecule has 0 spiro atoms. The zero-order valence-electron chi connectivity index (χ0n) is 44.9. The maximum atomic E-state index is 14.9. The van der Waals surface area contributed by atoms with E-state index in [0.29, 0.717) is 50.4 Å². The molecule has 8 nitrogen and oxygen atoms in total. The lowest BCUT2D eigenvalue weighted by molar-refractivity contribution is -0.136. The third-order valence-electron chi connectivity index (χ3n) is 14.4. The van der Waals surface area contributed by atoms with Crippen molar-refractivity contribution in [1.29, 1.82) is 0 Å². The van der Waals surface area contributed by atoms with Gasteiger partial charge >= 0.3 is 11.9 Å². The van der Waals surface area contributed by atoms with Gasteiger partial charge in [-0.05, 0) is 213 Å². The molecule has 72 heavy (non-hydrogen) atoms. The standard InChI is InChI=1S/C64H66N4O4/c1-17-71-63(69)61-51-29-48-58(54-37(9)21-32(4)22-38(54)10)43(15)45(66-48)27-47-57(53-35(7)19-31(3)20-36(53)8)44(16)46(65-47)28-49-59(55-39(11)23-33(5)24-40(55)12)62(64(70)72-18-2)52(67-49)30-50(68-51)60(61)56-41(13)25-34(6)26-42(56)14/h19-30,65,68H,17-18H2,1-16H3. The van der Waals surface area contributed by atoms with Gasteiger partial charge in [-0.25, -0.2) is 19.6 Å². The molecular weight excluding hydrogens is 889 g/mol. The van der Waals surface area contributed by atoms with Crippen molar-refractivity contribution in [2.75, 3.05) is 13.2 Å². The number of rotatable bonds is 8. The van der Waals surface area contributed by atoms with Crippen LogP contribution >= 0.6 is 0 Å². The Bertz CT molecular complexity index is 3650. The van der Waals surface area contributed by atoms with Crippen LogP contribution in [0.5, 0.6) is 0 Å². The monoisotopic (exact) mass is 955 g/mol. The summed E-state index contributed by atoms with van der Waals surface area (Å²) in [5, 5.41) is 0. The number of nitrogens with zero attached hydrogens (tertiary/aromatic N) is 2. The van der Waals surface area contributed by atoms with E-state index in [1.165, 1.54) is 11.1 Å². The fourth-order valence-electron chi connectivity index (χ4n) is 12.0. The van der Waals surface area contributed by atoms with Crippen LogP contribution in [0, 0.1) is 90.0 Å². The summed E-state index contributed by atoms with van der Waals surface area (Å²) in [7, 11) is 0. The van der Waals surface area contributed by atoms with Crippen molar-refractivity contribution in [2.45, 2.75) is 111 Å². The van der Waals surface area contributed by atoms with Crippen LogP contribution in [0.2, 0.25) is 0 Å². The van der Waals surface area contributed by atoms with Crippen LogP contribution in [0.25, 0.3) is 66.6 Å². The largest absolute Gasteiger partial charge is 0.462 e. The second-order valence-electron chi connectivity index (χ2n) is 20.3. The Labute approximate surface area is 424 Å². The first-order valence-electron chi connectivity index (χ1n) is 25.1. The Morgan fingerprint density at radius 2 is 0.750 bits per heavy atom. The maximum Gasteiger partial charge on any atom is 0.341 e. The van der Waals surface area contributed by atoms with Gasteiger partial charge in [0.1, 0.15) is 0 Å². The van der Waals surface area contributed by atoms with Crippen molar-refractivity contribution in [3.8, 4) is 22.3 Å². The molecule has 0 unspecified atom stereocenters. The molecule has 2 aliphatic rings. The Hall–Kier alpha value is -7.58. The fourth-order valence-corrected chi connectivity index (χ4v) is 12.0. The Kier molecular flexibility index (Phi) is 13.0. The summed E-state index contributed by atoms with van der Waals surface area (Å²) in [5.41, 5.74) is 28.8. The molecule has 9 rings (SSSR count). The quantitative estimate of drug-likeness (QED) is 0.147. The fraction of sp³-hybridized carbons (Fsp3) is 0.281. The molecule has 8 bridgehead atoms. The molecule has 2 aliphatic heterocycles. The number of esters is 2. The van der Waals surface area contributed by atoms with Crippen molar-refractivity contribution in [3.63, 3.8) is 0 Å². The van der Waals surface area contributed by atoms with Crippen molar-refractivity contribution in [2.24, 2.45) is 0 Å². The number of fused-ring (bicyclic) bond motifs is 8. The summed E-state index contributed by atoms with van der Waals surface area (Å²) in [5.74, 6) is -0.965. The van der Waals surface area contributed by atoms with Crippen LogP contribution in [-0.4, -0.2) is 45.1 Å². The van der Waals surface area contributed by atoms with E-state index >= 15 is 0 Å². The number of hydrogen-bond donors (Lipinski definition) is 2. The van der Waals surface area contributed by atoms with Gasteiger partial charge in [-0.1, -0.05) is 70.8 Å². The van der Waals surface area contributed by atoms with E-state index in [1.807, 2.05) is 26.0 Å².